The lowest BCUT2D eigenvalue weighted by Crippen LogP contribution is -2.52. The van der Waals surface area contributed by atoms with Crippen molar-refractivity contribution in [3.05, 3.63) is 24.3 Å². The maximum atomic E-state index is 12.2. The van der Waals surface area contributed by atoms with Crippen molar-refractivity contribution < 1.29 is 4.79 Å². The number of rotatable bonds is 3. The molecule has 1 atom stereocenters. The zero-order chi connectivity index (χ0) is 13.8. The summed E-state index contributed by atoms with van der Waals surface area (Å²) < 4.78 is 0. The van der Waals surface area contributed by atoms with Gasteiger partial charge in [-0.05, 0) is 13.0 Å². The van der Waals surface area contributed by atoms with Gasteiger partial charge in [0.15, 0.2) is 0 Å². The number of nitrogens with one attached hydrogen (secondary N) is 1. The van der Waals surface area contributed by atoms with Crippen LogP contribution in [0.5, 0.6) is 0 Å². The van der Waals surface area contributed by atoms with Gasteiger partial charge in [0.2, 0.25) is 5.91 Å². The molecule has 2 saturated heterocycles. The van der Waals surface area contributed by atoms with Crippen LogP contribution in [0.15, 0.2) is 18.6 Å². The van der Waals surface area contributed by atoms with E-state index < -0.39 is 0 Å². The SMILES string of the molecule is O=C(Cc1cnccn1)N1CCN(C2CCNC2)CC1. The van der Waals surface area contributed by atoms with Crippen LogP contribution >= 0.6 is 0 Å². The Hall–Kier alpha value is -1.53. The molecule has 2 aliphatic rings. The second kappa shape index (κ2) is 6.28. The van der Waals surface area contributed by atoms with Gasteiger partial charge in [-0.3, -0.25) is 19.7 Å². The van der Waals surface area contributed by atoms with Crippen LogP contribution in [0.2, 0.25) is 0 Å². The van der Waals surface area contributed by atoms with Gasteiger partial charge in [0.1, 0.15) is 0 Å². The van der Waals surface area contributed by atoms with Gasteiger partial charge >= 0.3 is 0 Å². The van der Waals surface area contributed by atoms with E-state index in [0.29, 0.717) is 12.5 Å². The van der Waals surface area contributed by atoms with E-state index in [-0.39, 0.29) is 5.91 Å². The van der Waals surface area contributed by atoms with Crippen molar-refractivity contribution in [3.63, 3.8) is 0 Å². The summed E-state index contributed by atoms with van der Waals surface area (Å²) in [6, 6.07) is 0.659. The Morgan fingerprint density at radius 3 is 2.80 bits per heavy atom. The van der Waals surface area contributed by atoms with Crippen LogP contribution in [-0.2, 0) is 11.2 Å². The van der Waals surface area contributed by atoms with Gasteiger partial charge in [-0.1, -0.05) is 0 Å². The number of piperazine rings is 1. The van der Waals surface area contributed by atoms with Gasteiger partial charge in [0, 0.05) is 57.4 Å². The minimum absolute atomic E-state index is 0.162. The number of hydrogen-bond donors (Lipinski definition) is 1. The first-order valence-electron chi connectivity index (χ1n) is 7.30. The molecule has 3 heterocycles. The van der Waals surface area contributed by atoms with Gasteiger partial charge in [-0.25, -0.2) is 0 Å². The molecule has 0 radical (unpaired) electrons. The van der Waals surface area contributed by atoms with E-state index in [1.807, 2.05) is 4.90 Å². The van der Waals surface area contributed by atoms with Crippen molar-refractivity contribution in [3.8, 4) is 0 Å². The standard InChI is InChI=1S/C14H21N5O/c20-14(9-12-10-16-3-4-17-12)19-7-5-18(6-8-19)13-1-2-15-11-13/h3-4,10,13,15H,1-2,5-9,11H2. The van der Waals surface area contributed by atoms with E-state index in [1.165, 1.54) is 6.42 Å². The Kier molecular flexibility index (Phi) is 4.22. The molecule has 0 aliphatic carbocycles. The lowest BCUT2D eigenvalue weighted by molar-refractivity contribution is -0.132. The summed E-state index contributed by atoms with van der Waals surface area (Å²) >= 11 is 0. The third kappa shape index (κ3) is 3.13. The fourth-order valence-electron chi connectivity index (χ4n) is 2.98. The first kappa shape index (κ1) is 13.5. The minimum atomic E-state index is 0.162. The van der Waals surface area contributed by atoms with Crippen LogP contribution in [0.25, 0.3) is 0 Å². The van der Waals surface area contributed by atoms with Crippen LogP contribution in [0.4, 0.5) is 0 Å². The molecule has 20 heavy (non-hydrogen) atoms. The molecule has 1 N–H and O–H groups in total. The van der Waals surface area contributed by atoms with Gasteiger partial charge in [-0.2, -0.15) is 0 Å². The summed E-state index contributed by atoms with van der Waals surface area (Å²) in [6.07, 6.45) is 6.51. The topological polar surface area (TPSA) is 61.4 Å². The second-order valence-electron chi connectivity index (χ2n) is 5.44. The molecular weight excluding hydrogens is 254 g/mol. The first-order valence-corrected chi connectivity index (χ1v) is 7.30. The monoisotopic (exact) mass is 275 g/mol. The smallest absolute Gasteiger partial charge is 0.228 e. The highest BCUT2D eigenvalue weighted by Crippen LogP contribution is 2.12. The number of amides is 1. The lowest BCUT2D eigenvalue weighted by atomic mass is 10.2. The molecular formula is C14H21N5O. The van der Waals surface area contributed by atoms with Crippen LogP contribution in [-0.4, -0.2) is 71.0 Å². The second-order valence-corrected chi connectivity index (χ2v) is 5.44. The Labute approximate surface area is 119 Å². The summed E-state index contributed by atoms with van der Waals surface area (Å²) in [7, 11) is 0. The van der Waals surface area contributed by atoms with Crippen LogP contribution < -0.4 is 5.32 Å². The zero-order valence-electron chi connectivity index (χ0n) is 11.7. The average Bonchev–Trinajstić information content (AvgIpc) is 3.03. The molecule has 2 aliphatic heterocycles. The summed E-state index contributed by atoms with van der Waals surface area (Å²) in [4.78, 5) is 24.8. The molecule has 108 valence electrons. The lowest BCUT2D eigenvalue weighted by Gasteiger charge is -2.37. The van der Waals surface area contributed by atoms with E-state index in [2.05, 4.69) is 20.2 Å². The number of hydrogen-bond acceptors (Lipinski definition) is 5. The van der Waals surface area contributed by atoms with E-state index in [1.54, 1.807) is 18.6 Å². The van der Waals surface area contributed by atoms with Gasteiger partial charge < -0.3 is 10.2 Å². The molecule has 0 bridgehead atoms. The average molecular weight is 275 g/mol. The molecule has 0 saturated carbocycles. The third-order valence-electron chi connectivity index (χ3n) is 4.17. The minimum Gasteiger partial charge on any atom is -0.340 e. The Morgan fingerprint density at radius 2 is 2.15 bits per heavy atom. The Bertz CT molecular complexity index is 438. The normalized spacial score (nSPS) is 24.0. The quantitative estimate of drug-likeness (QED) is 0.808. The highest BCUT2D eigenvalue weighted by atomic mass is 16.2. The molecule has 6 nitrogen and oxygen atoms in total. The van der Waals surface area contributed by atoms with E-state index in [4.69, 9.17) is 0 Å². The summed E-state index contributed by atoms with van der Waals surface area (Å²) in [5, 5.41) is 3.40. The summed E-state index contributed by atoms with van der Waals surface area (Å²) in [5.41, 5.74) is 0.750. The number of nitrogens with zero attached hydrogens (tertiary/aromatic N) is 4. The summed E-state index contributed by atoms with van der Waals surface area (Å²) in [5.74, 6) is 0.162. The highest BCUT2D eigenvalue weighted by Gasteiger charge is 2.27. The molecule has 1 aromatic rings. The molecule has 3 rings (SSSR count). The maximum Gasteiger partial charge on any atom is 0.228 e. The van der Waals surface area contributed by atoms with Crippen molar-refractivity contribution in [2.45, 2.75) is 18.9 Å². The van der Waals surface area contributed by atoms with Crippen LogP contribution in [0, 0.1) is 0 Å². The van der Waals surface area contributed by atoms with Crippen molar-refractivity contribution in [1.29, 1.82) is 0 Å². The van der Waals surface area contributed by atoms with Gasteiger partial charge in [0.25, 0.3) is 0 Å². The predicted molar refractivity (Wildman–Crippen MR) is 75.2 cm³/mol. The molecule has 0 aromatic carbocycles. The van der Waals surface area contributed by atoms with Crippen molar-refractivity contribution in [1.82, 2.24) is 25.1 Å². The fourth-order valence-corrected chi connectivity index (χ4v) is 2.98. The van der Waals surface area contributed by atoms with Crippen molar-refractivity contribution in [2.24, 2.45) is 0 Å². The summed E-state index contributed by atoms with van der Waals surface area (Å²) in [6.45, 7) is 5.84. The van der Waals surface area contributed by atoms with E-state index in [0.717, 1.165) is 45.0 Å². The van der Waals surface area contributed by atoms with E-state index >= 15 is 0 Å². The molecule has 6 heteroatoms. The molecule has 2 fully saturated rings. The maximum absolute atomic E-state index is 12.2. The van der Waals surface area contributed by atoms with Gasteiger partial charge in [-0.15, -0.1) is 0 Å². The Morgan fingerprint density at radius 1 is 1.30 bits per heavy atom. The van der Waals surface area contributed by atoms with Crippen molar-refractivity contribution >= 4 is 5.91 Å². The zero-order valence-corrected chi connectivity index (χ0v) is 11.7. The number of aromatic nitrogens is 2. The number of carbonyl (C=O) groups is 1. The van der Waals surface area contributed by atoms with E-state index in [9.17, 15) is 4.79 Å². The van der Waals surface area contributed by atoms with Gasteiger partial charge in [0.05, 0.1) is 12.1 Å². The predicted octanol–water partition coefficient (Wildman–Crippen LogP) is -0.475. The molecule has 1 unspecified atom stereocenters. The highest BCUT2D eigenvalue weighted by molar-refractivity contribution is 5.78. The molecule has 0 spiro atoms. The first-order chi connectivity index (χ1) is 9.83. The molecule has 1 amide bonds. The van der Waals surface area contributed by atoms with Crippen LogP contribution in [0.3, 0.4) is 0 Å². The fraction of sp³-hybridized carbons (Fsp3) is 0.643. The Balaban J connectivity index is 1.49. The number of carbonyl (C=O) groups excluding carboxylic acids is 1. The largest absolute Gasteiger partial charge is 0.340 e. The van der Waals surface area contributed by atoms with Crippen molar-refractivity contribution in [2.75, 3.05) is 39.3 Å². The van der Waals surface area contributed by atoms with Crippen LogP contribution in [0.1, 0.15) is 12.1 Å². The molecule has 1 aromatic heterocycles. The third-order valence-corrected chi connectivity index (χ3v) is 4.17.